The Kier molecular flexibility index (Phi) is 6.58. The van der Waals surface area contributed by atoms with Crippen molar-refractivity contribution >= 4 is 23.2 Å². The number of nitrogens with zero attached hydrogens (tertiary/aromatic N) is 1. The van der Waals surface area contributed by atoms with Gasteiger partial charge in [-0.05, 0) is 55.8 Å². The number of rotatable bonds is 6. The Morgan fingerprint density at radius 1 is 1.15 bits per heavy atom. The molecule has 27 heavy (non-hydrogen) atoms. The van der Waals surface area contributed by atoms with E-state index in [9.17, 15) is 4.79 Å². The lowest BCUT2D eigenvalue weighted by Gasteiger charge is -2.31. The summed E-state index contributed by atoms with van der Waals surface area (Å²) in [7, 11) is 3.19. The number of hydrogen-bond acceptors (Lipinski definition) is 4. The van der Waals surface area contributed by atoms with E-state index in [2.05, 4.69) is 16.3 Å². The van der Waals surface area contributed by atoms with Gasteiger partial charge in [0, 0.05) is 23.6 Å². The number of carbonyl (C=O) groups is 1. The molecule has 2 aromatic carbocycles. The highest BCUT2D eigenvalue weighted by Gasteiger charge is 2.25. The Labute approximate surface area is 165 Å². The molecule has 1 fully saturated rings. The lowest BCUT2D eigenvalue weighted by Crippen LogP contribution is -2.37. The summed E-state index contributed by atoms with van der Waals surface area (Å²) in [6, 6.07) is 13.3. The van der Waals surface area contributed by atoms with Crippen LogP contribution in [-0.4, -0.2) is 38.1 Å². The van der Waals surface area contributed by atoms with Crippen molar-refractivity contribution in [2.75, 3.05) is 32.6 Å². The SMILES string of the molecule is COc1ccc(OC)c(NC(=O)C2CCN(Cc3cccc(Cl)c3)CC2)c1. The molecule has 1 aliphatic heterocycles. The van der Waals surface area contributed by atoms with E-state index >= 15 is 0 Å². The highest BCUT2D eigenvalue weighted by Crippen LogP contribution is 2.30. The lowest BCUT2D eigenvalue weighted by atomic mass is 9.95. The molecule has 0 spiro atoms. The highest BCUT2D eigenvalue weighted by atomic mass is 35.5. The molecule has 5 nitrogen and oxygen atoms in total. The van der Waals surface area contributed by atoms with E-state index in [1.807, 2.05) is 24.3 Å². The van der Waals surface area contributed by atoms with E-state index in [4.69, 9.17) is 21.1 Å². The fourth-order valence-electron chi connectivity index (χ4n) is 3.39. The molecule has 2 aromatic rings. The number of amides is 1. The van der Waals surface area contributed by atoms with Gasteiger partial charge in [-0.15, -0.1) is 0 Å². The van der Waals surface area contributed by atoms with Crippen LogP contribution in [0.4, 0.5) is 5.69 Å². The number of ether oxygens (including phenoxy) is 2. The summed E-state index contributed by atoms with van der Waals surface area (Å²) in [6.07, 6.45) is 1.66. The fraction of sp³-hybridized carbons (Fsp3) is 0.381. The van der Waals surface area contributed by atoms with E-state index in [0.29, 0.717) is 17.2 Å². The third kappa shape index (κ3) is 5.15. The summed E-state index contributed by atoms with van der Waals surface area (Å²) in [5.74, 6) is 1.34. The van der Waals surface area contributed by atoms with Crippen LogP contribution in [-0.2, 0) is 11.3 Å². The van der Waals surface area contributed by atoms with Crippen molar-refractivity contribution in [3.05, 3.63) is 53.1 Å². The van der Waals surface area contributed by atoms with Gasteiger partial charge in [0.15, 0.2) is 0 Å². The van der Waals surface area contributed by atoms with Gasteiger partial charge in [0.05, 0.1) is 19.9 Å². The number of halogens is 1. The second kappa shape index (κ2) is 9.11. The van der Waals surface area contributed by atoms with Gasteiger partial charge in [-0.25, -0.2) is 0 Å². The second-order valence-corrected chi connectivity index (χ2v) is 7.17. The van der Waals surface area contributed by atoms with Gasteiger partial charge < -0.3 is 14.8 Å². The van der Waals surface area contributed by atoms with Crippen LogP contribution < -0.4 is 14.8 Å². The summed E-state index contributed by atoms with van der Waals surface area (Å²) in [5.41, 5.74) is 1.84. The van der Waals surface area contributed by atoms with Crippen molar-refractivity contribution in [2.45, 2.75) is 19.4 Å². The first-order valence-electron chi connectivity index (χ1n) is 9.08. The van der Waals surface area contributed by atoms with Gasteiger partial charge in [-0.2, -0.15) is 0 Å². The van der Waals surface area contributed by atoms with E-state index in [-0.39, 0.29) is 11.8 Å². The molecule has 0 aliphatic carbocycles. The molecular weight excluding hydrogens is 364 g/mol. The molecule has 0 saturated carbocycles. The molecule has 1 N–H and O–H groups in total. The number of hydrogen-bond donors (Lipinski definition) is 1. The topological polar surface area (TPSA) is 50.8 Å². The van der Waals surface area contributed by atoms with Crippen molar-refractivity contribution in [3.63, 3.8) is 0 Å². The first kappa shape index (κ1) is 19.5. The Morgan fingerprint density at radius 3 is 2.59 bits per heavy atom. The predicted molar refractivity (Wildman–Crippen MR) is 108 cm³/mol. The number of anilines is 1. The molecule has 1 saturated heterocycles. The Hall–Kier alpha value is -2.24. The van der Waals surface area contributed by atoms with Gasteiger partial charge >= 0.3 is 0 Å². The largest absolute Gasteiger partial charge is 0.497 e. The maximum Gasteiger partial charge on any atom is 0.227 e. The molecule has 144 valence electrons. The Bertz CT molecular complexity index is 789. The summed E-state index contributed by atoms with van der Waals surface area (Å²) >= 11 is 6.06. The normalized spacial score (nSPS) is 15.4. The minimum absolute atomic E-state index is 0.00322. The molecule has 6 heteroatoms. The van der Waals surface area contributed by atoms with Crippen LogP contribution in [0, 0.1) is 5.92 Å². The van der Waals surface area contributed by atoms with Crippen molar-refractivity contribution in [3.8, 4) is 11.5 Å². The van der Waals surface area contributed by atoms with Crippen LogP contribution in [0.1, 0.15) is 18.4 Å². The third-order valence-corrected chi connectivity index (χ3v) is 5.15. The minimum atomic E-state index is -0.00322. The first-order chi connectivity index (χ1) is 13.1. The van der Waals surface area contributed by atoms with Crippen LogP contribution in [0.5, 0.6) is 11.5 Å². The molecule has 0 radical (unpaired) electrons. The van der Waals surface area contributed by atoms with Crippen molar-refractivity contribution in [1.29, 1.82) is 0 Å². The summed E-state index contributed by atoms with van der Waals surface area (Å²) < 4.78 is 10.6. The molecular formula is C21H25ClN2O3. The number of nitrogens with one attached hydrogen (secondary N) is 1. The van der Waals surface area contributed by atoms with Crippen LogP contribution in [0.3, 0.4) is 0 Å². The lowest BCUT2D eigenvalue weighted by molar-refractivity contribution is -0.121. The monoisotopic (exact) mass is 388 g/mol. The summed E-state index contributed by atoms with van der Waals surface area (Å²) in [6.45, 7) is 2.64. The molecule has 1 amide bonds. The second-order valence-electron chi connectivity index (χ2n) is 6.74. The van der Waals surface area contributed by atoms with Gasteiger partial charge in [0.1, 0.15) is 11.5 Å². The van der Waals surface area contributed by atoms with Crippen molar-refractivity contribution < 1.29 is 14.3 Å². The number of benzene rings is 2. The average molecular weight is 389 g/mol. The first-order valence-corrected chi connectivity index (χ1v) is 9.46. The molecule has 0 aromatic heterocycles. The molecule has 0 unspecified atom stereocenters. The number of carbonyl (C=O) groups excluding carboxylic acids is 1. The Balaban J connectivity index is 1.56. The minimum Gasteiger partial charge on any atom is -0.497 e. The zero-order valence-corrected chi connectivity index (χ0v) is 16.5. The van der Waals surface area contributed by atoms with Crippen molar-refractivity contribution in [1.82, 2.24) is 4.90 Å². The molecule has 1 heterocycles. The molecule has 0 atom stereocenters. The van der Waals surface area contributed by atoms with Crippen LogP contribution >= 0.6 is 11.6 Å². The van der Waals surface area contributed by atoms with E-state index in [0.717, 1.165) is 37.5 Å². The molecule has 0 bridgehead atoms. The van der Waals surface area contributed by atoms with Crippen molar-refractivity contribution in [2.24, 2.45) is 5.92 Å². The van der Waals surface area contributed by atoms with Crippen LogP contribution in [0.15, 0.2) is 42.5 Å². The van der Waals surface area contributed by atoms with E-state index < -0.39 is 0 Å². The van der Waals surface area contributed by atoms with Gasteiger partial charge in [-0.3, -0.25) is 9.69 Å². The maximum absolute atomic E-state index is 12.7. The Morgan fingerprint density at radius 2 is 1.93 bits per heavy atom. The predicted octanol–water partition coefficient (Wildman–Crippen LogP) is 4.21. The average Bonchev–Trinajstić information content (AvgIpc) is 2.68. The van der Waals surface area contributed by atoms with E-state index in [1.165, 1.54) is 5.56 Å². The molecule has 3 rings (SSSR count). The van der Waals surface area contributed by atoms with E-state index in [1.54, 1.807) is 26.4 Å². The molecule has 1 aliphatic rings. The van der Waals surface area contributed by atoms with Gasteiger partial charge in [-0.1, -0.05) is 23.7 Å². The fourth-order valence-corrected chi connectivity index (χ4v) is 3.61. The highest BCUT2D eigenvalue weighted by molar-refractivity contribution is 6.30. The van der Waals surface area contributed by atoms with Crippen LogP contribution in [0.25, 0.3) is 0 Å². The number of likely N-dealkylation sites (tertiary alicyclic amines) is 1. The number of methoxy groups -OCH3 is 2. The maximum atomic E-state index is 12.7. The number of piperidine rings is 1. The van der Waals surface area contributed by atoms with Crippen LogP contribution in [0.2, 0.25) is 5.02 Å². The zero-order valence-electron chi connectivity index (χ0n) is 15.7. The van der Waals surface area contributed by atoms with Gasteiger partial charge in [0.25, 0.3) is 0 Å². The van der Waals surface area contributed by atoms with Gasteiger partial charge in [0.2, 0.25) is 5.91 Å². The standard InChI is InChI=1S/C21H25ClN2O3/c1-26-18-6-7-20(27-2)19(13-18)23-21(25)16-8-10-24(11-9-16)14-15-4-3-5-17(22)12-15/h3-7,12-13,16H,8-11,14H2,1-2H3,(H,23,25). The zero-order chi connectivity index (χ0) is 19.2. The summed E-state index contributed by atoms with van der Waals surface area (Å²) in [5, 5.41) is 3.76. The third-order valence-electron chi connectivity index (χ3n) is 4.92. The quantitative estimate of drug-likeness (QED) is 0.805. The smallest absolute Gasteiger partial charge is 0.227 e. The summed E-state index contributed by atoms with van der Waals surface area (Å²) in [4.78, 5) is 15.1.